The predicted octanol–water partition coefficient (Wildman–Crippen LogP) is 2.91. The Morgan fingerprint density at radius 2 is 1.32 bits per heavy atom. The van der Waals surface area contributed by atoms with E-state index < -0.39 is 0 Å². The van der Waals surface area contributed by atoms with Crippen molar-refractivity contribution in [1.29, 1.82) is 0 Å². The van der Waals surface area contributed by atoms with E-state index in [1.165, 1.54) is 0 Å². The van der Waals surface area contributed by atoms with E-state index in [9.17, 15) is 0 Å². The molecule has 4 heteroatoms. The number of nitrogens with zero attached hydrogens (tertiary/aromatic N) is 4. The summed E-state index contributed by atoms with van der Waals surface area (Å²) in [5, 5.41) is 0. The zero-order chi connectivity index (χ0) is 13.1. The van der Waals surface area contributed by atoms with Crippen LogP contribution >= 0.6 is 0 Å². The van der Waals surface area contributed by atoms with Crippen LogP contribution < -0.4 is 0 Å². The number of rotatable bonds is 2. The Labute approximate surface area is 111 Å². The molecule has 0 aliphatic carbocycles. The average molecular weight is 248 g/mol. The molecule has 0 aliphatic heterocycles. The summed E-state index contributed by atoms with van der Waals surface area (Å²) in [5.41, 5.74) is 4.29. The minimum Gasteiger partial charge on any atom is -0.255 e. The van der Waals surface area contributed by atoms with Crippen LogP contribution in [0.2, 0.25) is 0 Å². The molecular weight excluding hydrogens is 236 g/mol. The summed E-state index contributed by atoms with van der Waals surface area (Å²) in [4.78, 5) is 17.4. The molecule has 0 saturated heterocycles. The Bertz CT molecular complexity index is 661. The Morgan fingerprint density at radius 3 is 1.84 bits per heavy atom. The van der Waals surface area contributed by atoms with Crippen LogP contribution in [0.1, 0.15) is 5.56 Å². The molecule has 0 atom stereocenters. The molecule has 0 unspecified atom stereocenters. The Morgan fingerprint density at radius 1 is 0.632 bits per heavy atom. The summed E-state index contributed by atoms with van der Waals surface area (Å²) in [5.74, 6) is 0. The van der Waals surface area contributed by atoms with Gasteiger partial charge in [0.2, 0.25) is 0 Å². The summed E-state index contributed by atoms with van der Waals surface area (Å²) in [7, 11) is 0. The number of aromatic nitrogens is 4. The van der Waals surface area contributed by atoms with Crippen LogP contribution in [0.3, 0.4) is 0 Å². The fraction of sp³-hybridized carbons (Fsp3) is 0.0667. The zero-order valence-electron chi connectivity index (χ0n) is 10.5. The molecule has 92 valence electrons. The first-order valence-electron chi connectivity index (χ1n) is 5.99. The number of aryl methyl sites for hydroxylation is 1. The second kappa shape index (κ2) is 4.94. The van der Waals surface area contributed by atoms with Gasteiger partial charge in [-0.2, -0.15) is 0 Å². The quantitative estimate of drug-likeness (QED) is 0.699. The summed E-state index contributed by atoms with van der Waals surface area (Å²) >= 11 is 0. The van der Waals surface area contributed by atoms with Gasteiger partial charge in [-0.25, -0.2) is 0 Å². The molecule has 0 radical (unpaired) electrons. The summed E-state index contributed by atoms with van der Waals surface area (Å²) in [6, 6.07) is 9.67. The van der Waals surface area contributed by atoms with Crippen LogP contribution in [0.5, 0.6) is 0 Å². The highest BCUT2D eigenvalue weighted by molar-refractivity contribution is 5.57. The van der Waals surface area contributed by atoms with Gasteiger partial charge in [0.15, 0.2) is 0 Å². The van der Waals surface area contributed by atoms with E-state index in [2.05, 4.69) is 19.9 Å². The van der Waals surface area contributed by atoms with Crippen molar-refractivity contribution in [2.75, 3.05) is 0 Å². The van der Waals surface area contributed by atoms with E-state index in [1.807, 2.05) is 43.5 Å². The van der Waals surface area contributed by atoms with Crippen molar-refractivity contribution in [3.05, 3.63) is 60.7 Å². The molecule has 3 aromatic heterocycles. The third-order valence-electron chi connectivity index (χ3n) is 2.75. The molecule has 3 heterocycles. The molecule has 0 fully saturated rings. The van der Waals surface area contributed by atoms with Crippen molar-refractivity contribution in [1.82, 2.24) is 19.9 Å². The minimum atomic E-state index is 0.761. The van der Waals surface area contributed by atoms with Crippen LogP contribution in [-0.2, 0) is 0 Å². The van der Waals surface area contributed by atoms with Crippen molar-refractivity contribution in [3.8, 4) is 22.8 Å². The molecule has 0 spiro atoms. The first-order chi connectivity index (χ1) is 9.33. The largest absolute Gasteiger partial charge is 0.255 e. The van der Waals surface area contributed by atoms with Crippen LogP contribution in [0.15, 0.2) is 55.1 Å². The second-order valence-electron chi connectivity index (χ2n) is 4.22. The number of hydrogen-bond donors (Lipinski definition) is 0. The molecular formula is C15H12N4. The molecule has 0 aromatic carbocycles. The smallest absolute Gasteiger partial charge is 0.107 e. The maximum absolute atomic E-state index is 4.39. The van der Waals surface area contributed by atoms with Crippen molar-refractivity contribution >= 4 is 0 Å². The summed E-state index contributed by atoms with van der Waals surface area (Å²) < 4.78 is 0. The van der Waals surface area contributed by atoms with Gasteiger partial charge in [-0.05, 0) is 30.7 Å². The van der Waals surface area contributed by atoms with Crippen LogP contribution in [0.25, 0.3) is 22.8 Å². The van der Waals surface area contributed by atoms with Gasteiger partial charge >= 0.3 is 0 Å². The Hall–Kier alpha value is -2.62. The third kappa shape index (κ3) is 2.47. The average Bonchev–Trinajstić information content (AvgIpc) is 2.49. The standard InChI is InChI=1S/C15H12N4/c1-11-5-6-13(17-8-11)15-10-18-14(9-19-15)12-4-2-3-7-16-12/h2-10H,1H3. The minimum absolute atomic E-state index is 0.761. The topological polar surface area (TPSA) is 51.6 Å². The lowest BCUT2D eigenvalue weighted by atomic mass is 10.2. The molecule has 19 heavy (non-hydrogen) atoms. The van der Waals surface area contributed by atoms with Crippen LogP contribution in [0, 0.1) is 6.92 Å². The van der Waals surface area contributed by atoms with Gasteiger partial charge in [-0.1, -0.05) is 12.1 Å². The maximum Gasteiger partial charge on any atom is 0.107 e. The normalized spacial score (nSPS) is 10.4. The molecule has 0 aliphatic rings. The number of hydrogen-bond acceptors (Lipinski definition) is 4. The van der Waals surface area contributed by atoms with Crippen LogP contribution in [-0.4, -0.2) is 19.9 Å². The lowest BCUT2D eigenvalue weighted by Gasteiger charge is -2.02. The SMILES string of the molecule is Cc1ccc(-c2cnc(-c3ccccn3)cn2)nc1. The molecule has 0 amide bonds. The van der Waals surface area contributed by atoms with Crippen molar-refractivity contribution in [2.24, 2.45) is 0 Å². The molecule has 0 N–H and O–H groups in total. The maximum atomic E-state index is 4.39. The molecule has 3 rings (SSSR count). The van der Waals surface area contributed by atoms with Gasteiger partial charge in [-0.15, -0.1) is 0 Å². The molecule has 4 nitrogen and oxygen atoms in total. The van der Waals surface area contributed by atoms with E-state index >= 15 is 0 Å². The monoisotopic (exact) mass is 248 g/mol. The third-order valence-corrected chi connectivity index (χ3v) is 2.75. The van der Waals surface area contributed by atoms with E-state index in [4.69, 9.17) is 0 Å². The zero-order valence-corrected chi connectivity index (χ0v) is 10.5. The fourth-order valence-corrected chi connectivity index (χ4v) is 1.73. The van der Waals surface area contributed by atoms with Gasteiger partial charge in [0.1, 0.15) is 11.4 Å². The summed E-state index contributed by atoms with van der Waals surface area (Å²) in [6.07, 6.45) is 7.01. The Balaban J connectivity index is 1.93. The highest BCUT2D eigenvalue weighted by Crippen LogP contribution is 2.17. The number of pyridine rings is 2. The lowest BCUT2D eigenvalue weighted by molar-refractivity contribution is 1.15. The van der Waals surface area contributed by atoms with Gasteiger partial charge in [0.05, 0.1) is 23.8 Å². The fourth-order valence-electron chi connectivity index (χ4n) is 1.73. The van der Waals surface area contributed by atoms with Gasteiger partial charge in [0.25, 0.3) is 0 Å². The molecule has 0 saturated carbocycles. The molecule has 3 aromatic rings. The first-order valence-corrected chi connectivity index (χ1v) is 5.99. The predicted molar refractivity (Wildman–Crippen MR) is 73.2 cm³/mol. The van der Waals surface area contributed by atoms with Crippen molar-refractivity contribution in [2.45, 2.75) is 6.92 Å². The first kappa shape index (κ1) is 11.5. The highest BCUT2D eigenvalue weighted by Gasteiger charge is 2.04. The van der Waals surface area contributed by atoms with Gasteiger partial charge in [-0.3, -0.25) is 19.9 Å². The van der Waals surface area contributed by atoms with Crippen LogP contribution in [0.4, 0.5) is 0 Å². The van der Waals surface area contributed by atoms with Crippen molar-refractivity contribution < 1.29 is 0 Å². The van der Waals surface area contributed by atoms with Gasteiger partial charge < -0.3 is 0 Å². The molecule has 0 bridgehead atoms. The second-order valence-corrected chi connectivity index (χ2v) is 4.22. The van der Waals surface area contributed by atoms with E-state index in [-0.39, 0.29) is 0 Å². The van der Waals surface area contributed by atoms with E-state index in [0.717, 1.165) is 28.3 Å². The van der Waals surface area contributed by atoms with E-state index in [0.29, 0.717) is 0 Å². The summed E-state index contributed by atoms with van der Waals surface area (Å²) in [6.45, 7) is 2.01. The lowest BCUT2D eigenvalue weighted by Crippen LogP contribution is -1.92. The Kier molecular flexibility index (Phi) is 2.98. The highest BCUT2D eigenvalue weighted by atomic mass is 14.8. The van der Waals surface area contributed by atoms with Crippen molar-refractivity contribution in [3.63, 3.8) is 0 Å². The van der Waals surface area contributed by atoms with Gasteiger partial charge in [0, 0.05) is 12.4 Å². The van der Waals surface area contributed by atoms with E-state index in [1.54, 1.807) is 18.6 Å².